The number of nitrogens with two attached hydrogens (primary N) is 1. The van der Waals surface area contributed by atoms with E-state index in [0.29, 0.717) is 18.9 Å². The molecule has 0 aliphatic rings. The van der Waals surface area contributed by atoms with Gasteiger partial charge < -0.3 is 5.73 Å². The summed E-state index contributed by atoms with van der Waals surface area (Å²) in [5.74, 6) is 0.627. The minimum absolute atomic E-state index is 0.117. The Morgan fingerprint density at radius 2 is 1.79 bits per heavy atom. The van der Waals surface area contributed by atoms with Crippen LogP contribution in [0.1, 0.15) is 27.2 Å². The zero-order chi connectivity index (χ0) is 11.4. The largest absolute Gasteiger partial charge is 0.327 e. The van der Waals surface area contributed by atoms with Crippen molar-refractivity contribution in [2.45, 2.75) is 33.2 Å². The first kappa shape index (κ1) is 13.9. The summed E-state index contributed by atoms with van der Waals surface area (Å²) in [5, 5.41) is 0. The highest BCUT2D eigenvalue weighted by Crippen LogP contribution is 2.06. The van der Waals surface area contributed by atoms with Gasteiger partial charge in [-0.3, -0.25) is 0 Å². The van der Waals surface area contributed by atoms with Crippen LogP contribution in [-0.2, 0) is 10.0 Å². The van der Waals surface area contributed by atoms with Gasteiger partial charge in [0.1, 0.15) is 0 Å². The zero-order valence-electron chi connectivity index (χ0n) is 9.53. The molecule has 86 valence electrons. The summed E-state index contributed by atoms with van der Waals surface area (Å²) in [6, 6.07) is -0.117. The first-order valence-electron chi connectivity index (χ1n) is 4.95. The summed E-state index contributed by atoms with van der Waals surface area (Å²) in [6.45, 7) is 6.22. The Bertz CT molecular complexity index is 248. The summed E-state index contributed by atoms with van der Waals surface area (Å²) in [4.78, 5) is 0. The van der Waals surface area contributed by atoms with Gasteiger partial charge in [-0.05, 0) is 19.3 Å². The summed E-state index contributed by atoms with van der Waals surface area (Å²) in [7, 11) is -1.51. The first-order chi connectivity index (χ1) is 6.25. The minimum Gasteiger partial charge on any atom is -0.327 e. The Kier molecular flexibility index (Phi) is 5.63. The van der Waals surface area contributed by atoms with Crippen LogP contribution in [-0.4, -0.2) is 38.1 Å². The molecule has 0 aliphatic heterocycles. The summed E-state index contributed by atoms with van der Waals surface area (Å²) in [5.41, 5.74) is 5.54. The van der Waals surface area contributed by atoms with Crippen LogP contribution in [0.25, 0.3) is 0 Å². The lowest BCUT2D eigenvalue weighted by molar-refractivity contribution is 0.441. The van der Waals surface area contributed by atoms with E-state index in [-0.39, 0.29) is 11.8 Å². The molecule has 0 radical (unpaired) electrons. The normalized spacial score (nSPS) is 15.1. The average molecular weight is 222 g/mol. The van der Waals surface area contributed by atoms with Crippen molar-refractivity contribution >= 4 is 10.0 Å². The molecule has 0 aromatic heterocycles. The third-order valence-electron chi connectivity index (χ3n) is 1.97. The van der Waals surface area contributed by atoms with Crippen LogP contribution in [0.4, 0.5) is 0 Å². The molecule has 14 heavy (non-hydrogen) atoms. The molecule has 1 atom stereocenters. The minimum atomic E-state index is -3.10. The van der Waals surface area contributed by atoms with E-state index in [4.69, 9.17) is 5.73 Å². The van der Waals surface area contributed by atoms with Crippen molar-refractivity contribution in [3.8, 4) is 0 Å². The molecule has 0 aromatic carbocycles. The van der Waals surface area contributed by atoms with Crippen LogP contribution in [0.15, 0.2) is 0 Å². The Labute approximate surface area is 87.5 Å². The molecule has 0 rings (SSSR count). The fourth-order valence-electron chi connectivity index (χ4n) is 1.06. The lowest BCUT2D eigenvalue weighted by atomic mass is 10.2. The third kappa shape index (κ3) is 5.57. The van der Waals surface area contributed by atoms with Crippen molar-refractivity contribution in [1.29, 1.82) is 0 Å². The van der Waals surface area contributed by atoms with Crippen LogP contribution in [0.2, 0.25) is 0 Å². The molecule has 0 amide bonds. The van der Waals surface area contributed by atoms with Crippen LogP contribution in [0.3, 0.4) is 0 Å². The number of hydrogen-bond donors (Lipinski definition) is 1. The maximum atomic E-state index is 11.6. The van der Waals surface area contributed by atoms with Crippen molar-refractivity contribution in [2.24, 2.45) is 11.7 Å². The number of rotatable bonds is 6. The number of likely N-dealkylation sites (N-methyl/N-ethyl adjacent to an activating group) is 1. The van der Waals surface area contributed by atoms with Gasteiger partial charge >= 0.3 is 0 Å². The van der Waals surface area contributed by atoms with Gasteiger partial charge in [0.2, 0.25) is 10.0 Å². The highest BCUT2D eigenvalue weighted by Gasteiger charge is 2.18. The molecule has 2 N–H and O–H groups in total. The van der Waals surface area contributed by atoms with Crippen molar-refractivity contribution in [3.63, 3.8) is 0 Å². The second-order valence-corrected chi connectivity index (χ2v) is 6.45. The van der Waals surface area contributed by atoms with E-state index in [1.54, 1.807) is 14.0 Å². The lowest BCUT2D eigenvalue weighted by Crippen LogP contribution is -2.38. The highest BCUT2D eigenvalue weighted by atomic mass is 32.2. The van der Waals surface area contributed by atoms with Crippen molar-refractivity contribution in [2.75, 3.05) is 19.3 Å². The monoisotopic (exact) mass is 222 g/mol. The quantitative estimate of drug-likeness (QED) is 0.717. The number of nitrogens with zero attached hydrogens (tertiary/aromatic N) is 1. The Morgan fingerprint density at radius 3 is 2.14 bits per heavy atom. The summed E-state index contributed by atoms with van der Waals surface area (Å²) >= 11 is 0. The molecule has 5 heteroatoms. The third-order valence-corrected chi connectivity index (χ3v) is 3.82. The van der Waals surface area contributed by atoms with Crippen LogP contribution in [0.5, 0.6) is 0 Å². The van der Waals surface area contributed by atoms with E-state index in [9.17, 15) is 8.42 Å². The maximum absolute atomic E-state index is 11.6. The SMILES string of the molecule is CC(C)CCS(=O)(=O)N(C)CC(C)N. The molecule has 0 heterocycles. The average Bonchev–Trinajstić information content (AvgIpc) is 1.99. The van der Waals surface area contributed by atoms with Crippen LogP contribution >= 0.6 is 0 Å². The fourth-order valence-corrected chi connectivity index (χ4v) is 2.60. The predicted molar refractivity (Wildman–Crippen MR) is 59.5 cm³/mol. The number of sulfonamides is 1. The smallest absolute Gasteiger partial charge is 0.213 e. The molecule has 0 spiro atoms. The highest BCUT2D eigenvalue weighted by molar-refractivity contribution is 7.89. The van der Waals surface area contributed by atoms with Crippen LogP contribution < -0.4 is 5.73 Å². The molecular weight excluding hydrogens is 200 g/mol. The summed E-state index contributed by atoms with van der Waals surface area (Å²) < 4.78 is 24.6. The van der Waals surface area contributed by atoms with E-state index in [2.05, 4.69) is 0 Å². The van der Waals surface area contributed by atoms with E-state index < -0.39 is 10.0 Å². The zero-order valence-corrected chi connectivity index (χ0v) is 10.3. The van der Waals surface area contributed by atoms with Gasteiger partial charge in [-0.15, -0.1) is 0 Å². The topological polar surface area (TPSA) is 63.4 Å². The lowest BCUT2D eigenvalue weighted by Gasteiger charge is -2.19. The molecule has 0 fully saturated rings. The van der Waals surface area contributed by atoms with Gasteiger partial charge in [0.25, 0.3) is 0 Å². The predicted octanol–water partition coefficient (Wildman–Crippen LogP) is 0.641. The standard InChI is InChI=1S/C9H22N2O2S/c1-8(2)5-6-14(12,13)11(4)7-9(3)10/h8-9H,5-7,10H2,1-4H3. The second kappa shape index (κ2) is 5.68. The first-order valence-corrected chi connectivity index (χ1v) is 6.56. The Hall–Kier alpha value is -0.130. The van der Waals surface area contributed by atoms with Crippen molar-refractivity contribution in [1.82, 2.24) is 4.31 Å². The van der Waals surface area contributed by atoms with Crippen molar-refractivity contribution in [3.05, 3.63) is 0 Å². The van der Waals surface area contributed by atoms with Crippen LogP contribution in [0, 0.1) is 5.92 Å². The van der Waals surface area contributed by atoms with Gasteiger partial charge in [-0.25, -0.2) is 12.7 Å². The molecule has 0 aromatic rings. The van der Waals surface area contributed by atoms with Gasteiger partial charge in [-0.1, -0.05) is 13.8 Å². The molecule has 4 nitrogen and oxygen atoms in total. The second-order valence-electron chi connectivity index (χ2n) is 4.26. The molecule has 0 bridgehead atoms. The maximum Gasteiger partial charge on any atom is 0.213 e. The van der Waals surface area contributed by atoms with E-state index in [0.717, 1.165) is 0 Å². The van der Waals surface area contributed by atoms with Gasteiger partial charge in [0.15, 0.2) is 0 Å². The number of hydrogen-bond acceptors (Lipinski definition) is 3. The molecule has 0 saturated heterocycles. The molecular formula is C9H22N2O2S. The van der Waals surface area contributed by atoms with E-state index in [1.165, 1.54) is 4.31 Å². The van der Waals surface area contributed by atoms with Gasteiger partial charge in [0, 0.05) is 19.6 Å². The van der Waals surface area contributed by atoms with Crippen molar-refractivity contribution < 1.29 is 8.42 Å². The van der Waals surface area contributed by atoms with Gasteiger partial charge in [0.05, 0.1) is 5.75 Å². The van der Waals surface area contributed by atoms with Gasteiger partial charge in [-0.2, -0.15) is 0 Å². The Balaban J connectivity index is 4.17. The Morgan fingerprint density at radius 1 is 1.29 bits per heavy atom. The molecule has 0 saturated carbocycles. The molecule has 0 aliphatic carbocycles. The molecule has 1 unspecified atom stereocenters. The van der Waals surface area contributed by atoms with E-state index >= 15 is 0 Å². The summed E-state index contributed by atoms with van der Waals surface area (Å²) in [6.07, 6.45) is 0.700. The van der Waals surface area contributed by atoms with E-state index in [1.807, 2.05) is 13.8 Å². The fraction of sp³-hybridized carbons (Fsp3) is 1.00.